The maximum atomic E-state index is 13.7. The third-order valence-electron chi connectivity index (χ3n) is 7.08. The van der Waals surface area contributed by atoms with Crippen molar-refractivity contribution in [1.82, 2.24) is 9.80 Å². The van der Waals surface area contributed by atoms with E-state index in [2.05, 4.69) is 0 Å². The molecule has 1 aromatic heterocycles. The first-order valence-corrected chi connectivity index (χ1v) is 13.1. The lowest BCUT2D eigenvalue weighted by molar-refractivity contribution is -0.134. The van der Waals surface area contributed by atoms with Crippen molar-refractivity contribution in [3.05, 3.63) is 88.6 Å². The molecule has 1 unspecified atom stereocenters. The van der Waals surface area contributed by atoms with Crippen LogP contribution in [0.2, 0.25) is 0 Å². The molecule has 2 aliphatic heterocycles. The fraction of sp³-hybridized carbons (Fsp3) is 0.400. The summed E-state index contributed by atoms with van der Waals surface area (Å²) in [5.74, 6) is 1.50. The molecule has 0 aliphatic carbocycles. The summed E-state index contributed by atoms with van der Waals surface area (Å²) in [4.78, 5) is 29.5. The average molecular weight is 505 g/mol. The molecule has 5 rings (SSSR count). The third-order valence-corrected chi connectivity index (χ3v) is 7.08. The zero-order chi connectivity index (χ0) is 25.9. The van der Waals surface area contributed by atoms with Crippen LogP contribution in [0, 0.1) is 11.7 Å². The SMILES string of the molecule is CC(C)CC(=O)N1CCc2ccc(OCc3ccc(C(=O)N4CCCC4)o3)cc2C1c1ccc(F)cc1. The standard InChI is InChI=1S/C30H33FN2O4/c1-20(2)17-28(34)33-16-13-21-7-10-24(18-26(21)29(33)22-5-8-23(31)9-6-22)36-19-25-11-12-27(37-25)30(35)32-14-3-4-15-32/h5-12,18,20,29H,3-4,13-17,19H2,1-2H3. The highest BCUT2D eigenvalue weighted by Crippen LogP contribution is 2.38. The third kappa shape index (κ3) is 5.55. The smallest absolute Gasteiger partial charge is 0.289 e. The van der Waals surface area contributed by atoms with Crippen LogP contribution >= 0.6 is 0 Å². The van der Waals surface area contributed by atoms with Crippen molar-refractivity contribution in [2.75, 3.05) is 19.6 Å². The van der Waals surface area contributed by atoms with Gasteiger partial charge >= 0.3 is 0 Å². The minimum Gasteiger partial charge on any atom is -0.486 e. The fourth-order valence-electron chi connectivity index (χ4n) is 5.22. The Morgan fingerprint density at radius 2 is 1.78 bits per heavy atom. The number of likely N-dealkylation sites (tertiary alicyclic amines) is 1. The Kier molecular flexibility index (Phi) is 7.31. The number of ether oxygens (including phenoxy) is 1. The Bertz CT molecular complexity index is 1260. The summed E-state index contributed by atoms with van der Waals surface area (Å²) >= 11 is 0. The van der Waals surface area contributed by atoms with Crippen molar-refractivity contribution in [3.63, 3.8) is 0 Å². The molecular weight excluding hydrogens is 471 g/mol. The van der Waals surface area contributed by atoms with Gasteiger partial charge in [-0.1, -0.05) is 32.0 Å². The van der Waals surface area contributed by atoms with Crippen molar-refractivity contribution < 1.29 is 23.1 Å². The second-order valence-electron chi connectivity index (χ2n) is 10.3. The highest BCUT2D eigenvalue weighted by Gasteiger charge is 2.32. The fourth-order valence-corrected chi connectivity index (χ4v) is 5.22. The number of fused-ring (bicyclic) bond motifs is 1. The number of carbonyl (C=O) groups excluding carboxylic acids is 2. The van der Waals surface area contributed by atoms with E-state index in [0.29, 0.717) is 30.2 Å². The van der Waals surface area contributed by atoms with E-state index in [-0.39, 0.29) is 36.2 Å². The lowest BCUT2D eigenvalue weighted by Crippen LogP contribution is -2.41. The summed E-state index contributed by atoms with van der Waals surface area (Å²) in [6.45, 7) is 6.41. The molecule has 1 fully saturated rings. The van der Waals surface area contributed by atoms with Gasteiger partial charge in [0.05, 0.1) is 6.04 Å². The van der Waals surface area contributed by atoms with Crippen LogP contribution in [0.1, 0.15) is 72.2 Å². The molecule has 7 heteroatoms. The summed E-state index contributed by atoms with van der Waals surface area (Å²) in [5, 5.41) is 0. The van der Waals surface area contributed by atoms with E-state index in [1.54, 1.807) is 24.3 Å². The van der Waals surface area contributed by atoms with Gasteiger partial charge in [0.15, 0.2) is 5.76 Å². The van der Waals surface area contributed by atoms with E-state index in [0.717, 1.165) is 49.0 Å². The normalized spacial score (nSPS) is 17.2. The molecule has 1 saturated heterocycles. The largest absolute Gasteiger partial charge is 0.486 e. The first-order chi connectivity index (χ1) is 17.9. The van der Waals surface area contributed by atoms with Gasteiger partial charge < -0.3 is 19.0 Å². The predicted molar refractivity (Wildman–Crippen MR) is 138 cm³/mol. The molecule has 194 valence electrons. The molecule has 2 aliphatic rings. The maximum Gasteiger partial charge on any atom is 0.289 e. The molecular formula is C30H33FN2O4. The van der Waals surface area contributed by atoms with Gasteiger partial charge in [-0.05, 0) is 78.3 Å². The quantitative estimate of drug-likeness (QED) is 0.411. The van der Waals surface area contributed by atoms with E-state index in [4.69, 9.17) is 9.15 Å². The van der Waals surface area contributed by atoms with Gasteiger partial charge in [-0.3, -0.25) is 9.59 Å². The first kappa shape index (κ1) is 25.1. The summed E-state index contributed by atoms with van der Waals surface area (Å²) in [7, 11) is 0. The lowest BCUT2D eigenvalue weighted by atomic mass is 9.87. The van der Waals surface area contributed by atoms with Crippen LogP contribution in [0.5, 0.6) is 5.75 Å². The van der Waals surface area contributed by atoms with Gasteiger partial charge in [-0.25, -0.2) is 4.39 Å². The Hall–Kier alpha value is -3.61. The average Bonchev–Trinajstić information content (AvgIpc) is 3.59. The first-order valence-electron chi connectivity index (χ1n) is 13.1. The highest BCUT2D eigenvalue weighted by molar-refractivity contribution is 5.91. The molecule has 0 bridgehead atoms. The van der Waals surface area contributed by atoms with E-state index in [1.807, 2.05) is 41.8 Å². The number of rotatable bonds is 7. The molecule has 3 aromatic rings. The van der Waals surface area contributed by atoms with Crippen LogP contribution in [0.25, 0.3) is 0 Å². The Morgan fingerprint density at radius 1 is 1.03 bits per heavy atom. The minimum atomic E-state index is -0.313. The summed E-state index contributed by atoms with van der Waals surface area (Å²) < 4.78 is 25.5. The van der Waals surface area contributed by atoms with Crippen LogP contribution < -0.4 is 4.74 Å². The minimum absolute atomic E-state index is 0.0779. The van der Waals surface area contributed by atoms with Gasteiger partial charge in [-0.15, -0.1) is 0 Å². The predicted octanol–water partition coefficient (Wildman–Crippen LogP) is 5.75. The van der Waals surface area contributed by atoms with Gasteiger partial charge in [0, 0.05) is 26.1 Å². The van der Waals surface area contributed by atoms with E-state index < -0.39 is 0 Å². The zero-order valence-electron chi connectivity index (χ0n) is 21.4. The summed E-state index contributed by atoms with van der Waals surface area (Å²) in [6.07, 6.45) is 3.26. The molecule has 2 aromatic carbocycles. The van der Waals surface area contributed by atoms with Crippen LogP contribution in [0.4, 0.5) is 4.39 Å². The number of furan rings is 1. The maximum absolute atomic E-state index is 13.7. The van der Waals surface area contributed by atoms with Crippen molar-refractivity contribution in [3.8, 4) is 5.75 Å². The van der Waals surface area contributed by atoms with Gasteiger partial charge in [0.1, 0.15) is 23.9 Å². The van der Waals surface area contributed by atoms with E-state index in [9.17, 15) is 14.0 Å². The van der Waals surface area contributed by atoms with Crippen molar-refractivity contribution in [2.45, 2.75) is 52.2 Å². The van der Waals surface area contributed by atoms with Gasteiger partial charge in [0.25, 0.3) is 5.91 Å². The van der Waals surface area contributed by atoms with E-state index in [1.165, 1.54) is 12.1 Å². The molecule has 0 saturated carbocycles. The highest BCUT2D eigenvalue weighted by atomic mass is 19.1. The van der Waals surface area contributed by atoms with Crippen LogP contribution in [-0.2, 0) is 17.8 Å². The molecule has 0 spiro atoms. The van der Waals surface area contributed by atoms with Crippen molar-refractivity contribution in [1.29, 1.82) is 0 Å². The molecule has 0 radical (unpaired) electrons. The van der Waals surface area contributed by atoms with Crippen LogP contribution in [-0.4, -0.2) is 41.2 Å². The Balaban J connectivity index is 1.37. The van der Waals surface area contributed by atoms with E-state index >= 15 is 0 Å². The lowest BCUT2D eigenvalue weighted by Gasteiger charge is -2.38. The van der Waals surface area contributed by atoms with Crippen molar-refractivity contribution >= 4 is 11.8 Å². The van der Waals surface area contributed by atoms with Gasteiger partial charge in [0.2, 0.25) is 5.91 Å². The number of hydrogen-bond donors (Lipinski definition) is 0. The number of nitrogens with zero attached hydrogens (tertiary/aromatic N) is 2. The monoisotopic (exact) mass is 504 g/mol. The van der Waals surface area contributed by atoms with Crippen LogP contribution in [0.3, 0.4) is 0 Å². The number of benzene rings is 2. The second-order valence-corrected chi connectivity index (χ2v) is 10.3. The Morgan fingerprint density at radius 3 is 2.51 bits per heavy atom. The summed E-state index contributed by atoms with van der Waals surface area (Å²) in [5.41, 5.74) is 3.00. The number of hydrogen-bond acceptors (Lipinski definition) is 4. The molecule has 0 N–H and O–H groups in total. The molecule has 3 heterocycles. The Labute approximate surface area is 217 Å². The van der Waals surface area contributed by atoms with Gasteiger partial charge in [-0.2, -0.15) is 0 Å². The second kappa shape index (κ2) is 10.8. The molecule has 6 nitrogen and oxygen atoms in total. The molecule has 1 atom stereocenters. The van der Waals surface area contributed by atoms with Crippen LogP contribution in [0.15, 0.2) is 59.0 Å². The summed E-state index contributed by atoms with van der Waals surface area (Å²) in [6, 6.07) is 15.5. The zero-order valence-corrected chi connectivity index (χ0v) is 21.4. The number of amides is 2. The molecule has 37 heavy (non-hydrogen) atoms. The molecule has 2 amide bonds. The number of halogens is 1. The number of carbonyl (C=O) groups is 2. The topological polar surface area (TPSA) is 63.0 Å². The van der Waals surface area contributed by atoms with Crippen molar-refractivity contribution in [2.24, 2.45) is 5.92 Å².